The van der Waals surface area contributed by atoms with Crippen LogP contribution in [-0.4, -0.2) is 18.8 Å². The van der Waals surface area contributed by atoms with Crippen LogP contribution in [0.2, 0.25) is 0 Å². The summed E-state index contributed by atoms with van der Waals surface area (Å²) in [4.78, 5) is 16.8. The molecule has 0 saturated heterocycles. The van der Waals surface area contributed by atoms with Crippen LogP contribution in [0.25, 0.3) is 16.8 Å². The van der Waals surface area contributed by atoms with Crippen molar-refractivity contribution in [1.82, 2.24) is 0 Å². The maximum absolute atomic E-state index is 12.2. The molecule has 0 aliphatic heterocycles. The maximum Gasteiger partial charge on any atom is 0.336 e. The smallest absolute Gasteiger partial charge is 0.336 e. The fourth-order valence-corrected chi connectivity index (χ4v) is 3.56. The van der Waals surface area contributed by atoms with Gasteiger partial charge in [-0.05, 0) is 82.9 Å². The average molecular weight is 464 g/mol. The molecular weight excluding hydrogens is 434 g/mol. The zero-order chi connectivity index (χ0) is 24.3. The van der Waals surface area contributed by atoms with Crippen molar-refractivity contribution in [3.8, 4) is 11.5 Å². The molecule has 4 aromatic carbocycles. The van der Waals surface area contributed by atoms with Crippen LogP contribution in [-0.2, 0) is 4.79 Å². The standard InChI is InChI=1S/C31H29NO3/c1-2-3-6-21-34-29-16-9-24(10-17-29)13-20-31(33)35-30-18-11-25(12-19-30)23-32-28-15-14-26-7-4-5-8-27(26)22-28/h4-5,7-20,22-23H,2-3,6,21H2,1H3/b20-13+,32-23?. The molecule has 0 bridgehead atoms. The lowest BCUT2D eigenvalue weighted by Crippen LogP contribution is -2.03. The molecule has 35 heavy (non-hydrogen) atoms. The van der Waals surface area contributed by atoms with E-state index in [1.54, 1.807) is 24.4 Å². The molecule has 176 valence electrons. The Morgan fingerprint density at radius 2 is 1.51 bits per heavy atom. The highest BCUT2D eigenvalue weighted by Crippen LogP contribution is 2.21. The molecule has 0 aromatic heterocycles. The van der Waals surface area contributed by atoms with Gasteiger partial charge in [-0.25, -0.2) is 4.79 Å². The molecule has 0 radical (unpaired) electrons. The molecule has 4 heteroatoms. The summed E-state index contributed by atoms with van der Waals surface area (Å²) in [7, 11) is 0. The first-order chi connectivity index (χ1) is 17.2. The SMILES string of the molecule is CCCCCOc1ccc(/C=C/C(=O)Oc2ccc(C=Nc3ccc4ccccc4c3)cc2)cc1. The summed E-state index contributed by atoms with van der Waals surface area (Å²) in [5.74, 6) is 0.894. The van der Waals surface area contributed by atoms with Gasteiger partial charge in [0.05, 0.1) is 12.3 Å². The van der Waals surface area contributed by atoms with Crippen molar-refractivity contribution in [2.24, 2.45) is 4.99 Å². The lowest BCUT2D eigenvalue weighted by Gasteiger charge is -2.05. The Labute approximate surface area is 206 Å². The fraction of sp³-hybridized carbons (Fsp3) is 0.161. The Hall–Kier alpha value is -4.18. The molecule has 0 saturated carbocycles. The summed E-state index contributed by atoms with van der Waals surface area (Å²) in [6.45, 7) is 2.90. The molecule has 0 spiro atoms. The van der Waals surface area contributed by atoms with Crippen LogP contribution in [0.3, 0.4) is 0 Å². The Kier molecular flexibility index (Phi) is 8.44. The highest BCUT2D eigenvalue weighted by molar-refractivity contribution is 5.89. The van der Waals surface area contributed by atoms with E-state index in [4.69, 9.17) is 9.47 Å². The molecule has 0 aliphatic rings. The van der Waals surface area contributed by atoms with Gasteiger partial charge in [0.25, 0.3) is 0 Å². The molecule has 4 nitrogen and oxygen atoms in total. The number of hydrogen-bond donors (Lipinski definition) is 0. The number of ether oxygens (including phenoxy) is 2. The largest absolute Gasteiger partial charge is 0.494 e. The van der Waals surface area contributed by atoms with E-state index in [1.165, 1.54) is 24.3 Å². The molecule has 0 unspecified atom stereocenters. The molecule has 0 N–H and O–H groups in total. The molecule has 0 amide bonds. The monoisotopic (exact) mass is 463 g/mol. The van der Waals surface area contributed by atoms with Crippen LogP contribution in [0, 0.1) is 0 Å². The Morgan fingerprint density at radius 1 is 0.800 bits per heavy atom. The number of carbonyl (C=O) groups excluding carboxylic acids is 1. The number of esters is 1. The Balaban J connectivity index is 1.28. The van der Waals surface area contributed by atoms with Gasteiger partial charge in [-0.1, -0.05) is 62.2 Å². The van der Waals surface area contributed by atoms with Crippen molar-refractivity contribution in [2.45, 2.75) is 26.2 Å². The van der Waals surface area contributed by atoms with Crippen LogP contribution >= 0.6 is 0 Å². The summed E-state index contributed by atoms with van der Waals surface area (Å²) < 4.78 is 11.1. The second-order valence-corrected chi connectivity index (χ2v) is 8.24. The summed E-state index contributed by atoms with van der Waals surface area (Å²) in [6.07, 6.45) is 8.35. The molecule has 4 aromatic rings. The summed E-state index contributed by atoms with van der Waals surface area (Å²) in [5.41, 5.74) is 2.72. The number of fused-ring (bicyclic) bond motifs is 1. The first-order valence-electron chi connectivity index (χ1n) is 12.0. The van der Waals surface area contributed by atoms with Gasteiger partial charge in [0.2, 0.25) is 0 Å². The topological polar surface area (TPSA) is 47.9 Å². The van der Waals surface area contributed by atoms with E-state index in [0.717, 1.165) is 41.0 Å². The number of aliphatic imine (C=N–C) groups is 1. The van der Waals surface area contributed by atoms with E-state index in [2.05, 4.69) is 36.2 Å². The number of nitrogens with zero attached hydrogens (tertiary/aromatic N) is 1. The van der Waals surface area contributed by atoms with Gasteiger partial charge in [-0.3, -0.25) is 4.99 Å². The zero-order valence-electron chi connectivity index (χ0n) is 19.9. The molecular formula is C31H29NO3. The predicted molar refractivity (Wildman–Crippen MR) is 144 cm³/mol. The van der Waals surface area contributed by atoms with Crippen molar-refractivity contribution >= 4 is 34.7 Å². The Morgan fingerprint density at radius 3 is 2.29 bits per heavy atom. The van der Waals surface area contributed by atoms with Crippen molar-refractivity contribution in [2.75, 3.05) is 6.61 Å². The maximum atomic E-state index is 12.2. The fourth-order valence-electron chi connectivity index (χ4n) is 3.56. The molecule has 0 fully saturated rings. The molecule has 4 rings (SSSR count). The van der Waals surface area contributed by atoms with Gasteiger partial charge in [-0.15, -0.1) is 0 Å². The van der Waals surface area contributed by atoms with Crippen LogP contribution in [0.4, 0.5) is 5.69 Å². The number of benzene rings is 4. The van der Waals surface area contributed by atoms with E-state index in [0.29, 0.717) is 5.75 Å². The minimum atomic E-state index is -0.428. The van der Waals surface area contributed by atoms with E-state index in [9.17, 15) is 4.79 Å². The normalized spacial score (nSPS) is 11.3. The second-order valence-electron chi connectivity index (χ2n) is 8.24. The van der Waals surface area contributed by atoms with Gasteiger partial charge in [0.15, 0.2) is 0 Å². The van der Waals surface area contributed by atoms with Gasteiger partial charge < -0.3 is 9.47 Å². The van der Waals surface area contributed by atoms with Crippen molar-refractivity contribution in [1.29, 1.82) is 0 Å². The zero-order valence-corrected chi connectivity index (χ0v) is 19.9. The first kappa shape index (κ1) is 24.0. The van der Waals surface area contributed by atoms with E-state index >= 15 is 0 Å². The van der Waals surface area contributed by atoms with Gasteiger partial charge in [0.1, 0.15) is 11.5 Å². The van der Waals surface area contributed by atoms with Gasteiger partial charge in [-0.2, -0.15) is 0 Å². The summed E-state index contributed by atoms with van der Waals surface area (Å²) in [6, 6.07) is 29.2. The minimum Gasteiger partial charge on any atom is -0.494 e. The molecule has 0 heterocycles. The van der Waals surface area contributed by atoms with Crippen LogP contribution in [0.1, 0.15) is 37.3 Å². The number of hydrogen-bond acceptors (Lipinski definition) is 4. The Bertz CT molecular complexity index is 1310. The van der Waals surface area contributed by atoms with E-state index < -0.39 is 5.97 Å². The number of unbranched alkanes of at least 4 members (excludes halogenated alkanes) is 2. The minimum absolute atomic E-state index is 0.428. The first-order valence-corrected chi connectivity index (χ1v) is 12.0. The third-order valence-electron chi connectivity index (χ3n) is 5.50. The number of carbonyl (C=O) groups is 1. The lowest BCUT2D eigenvalue weighted by molar-refractivity contribution is -0.128. The van der Waals surface area contributed by atoms with Crippen LogP contribution in [0.5, 0.6) is 11.5 Å². The highest BCUT2D eigenvalue weighted by atomic mass is 16.5. The van der Waals surface area contributed by atoms with Gasteiger partial charge in [0, 0.05) is 12.3 Å². The van der Waals surface area contributed by atoms with Gasteiger partial charge >= 0.3 is 5.97 Å². The molecule has 0 atom stereocenters. The molecule has 0 aliphatic carbocycles. The lowest BCUT2D eigenvalue weighted by atomic mass is 10.1. The third kappa shape index (κ3) is 7.41. The summed E-state index contributed by atoms with van der Waals surface area (Å²) in [5, 5.41) is 2.35. The third-order valence-corrected chi connectivity index (χ3v) is 5.50. The van der Waals surface area contributed by atoms with Crippen molar-refractivity contribution in [3.63, 3.8) is 0 Å². The number of rotatable bonds is 10. The second kappa shape index (κ2) is 12.3. The van der Waals surface area contributed by atoms with Crippen molar-refractivity contribution in [3.05, 3.63) is 108 Å². The quantitative estimate of drug-likeness (QED) is 0.0793. The van der Waals surface area contributed by atoms with Crippen molar-refractivity contribution < 1.29 is 14.3 Å². The highest BCUT2D eigenvalue weighted by Gasteiger charge is 2.01. The van der Waals surface area contributed by atoms with Crippen LogP contribution in [0.15, 0.2) is 102 Å². The summed E-state index contributed by atoms with van der Waals surface area (Å²) >= 11 is 0. The van der Waals surface area contributed by atoms with E-state index in [1.807, 2.05) is 54.6 Å². The average Bonchev–Trinajstić information content (AvgIpc) is 2.90. The van der Waals surface area contributed by atoms with E-state index in [-0.39, 0.29) is 0 Å². The predicted octanol–water partition coefficient (Wildman–Crippen LogP) is 7.78. The van der Waals surface area contributed by atoms with Crippen LogP contribution < -0.4 is 9.47 Å².